The van der Waals surface area contributed by atoms with Crippen LogP contribution in [0.15, 0.2) is 28.7 Å². The first-order chi connectivity index (χ1) is 13.1. The summed E-state index contributed by atoms with van der Waals surface area (Å²) in [6.07, 6.45) is 1.15. The van der Waals surface area contributed by atoms with Crippen LogP contribution in [-0.2, 0) is 6.54 Å². The lowest BCUT2D eigenvalue weighted by Gasteiger charge is -2.25. The zero-order valence-electron chi connectivity index (χ0n) is 16.8. The number of aryl methyl sites for hydroxylation is 1. The van der Waals surface area contributed by atoms with Crippen molar-refractivity contribution in [3.05, 3.63) is 29.8 Å². The first kappa shape index (κ1) is 18.0. The largest absolute Gasteiger partial charge is 0.452 e. The Kier molecular flexibility index (Phi) is 4.91. The van der Waals surface area contributed by atoms with Crippen LogP contribution in [0, 0.1) is 6.92 Å². The molecule has 6 heteroatoms. The van der Waals surface area contributed by atoms with Gasteiger partial charge in [-0.25, -0.2) is 0 Å². The van der Waals surface area contributed by atoms with Crippen molar-refractivity contribution in [2.45, 2.75) is 46.7 Å². The number of para-hydroxylation sites is 1. The van der Waals surface area contributed by atoms with Gasteiger partial charge in [0.25, 0.3) is 0 Å². The summed E-state index contributed by atoms with van der Waals surface area (Å²) in [7, 11) is 0. The normalized spacial score (nSPS) is 16.4. The van der Waals surface area contributed by atoms with Gasteiger partial charge in [0.1, 0.15) is 5.58 Å². The molecular weight excluding hydrogens is 338 g/mol. The van der Waals surface area contributed by atoms with Crippen LogP contribution >= 0.6 is 0 Å². The Morgan fingerprint density at radius 3 is 2.63 bits per heavy atom. The monoisotopic (exact) mass is 367 g/mol. The minimum Gasteiger partial charge on any atom is -0.452 e. The molecule has 0 aliphatic carbocycles. The quantitative estimate of drug-likeness (QED) is 0.699. The second-order valence-electron chi connectivity index (χ2n) is 7.59. The van der Waals surface area contributed by atoms with Gasteiger partial charge < -0.3 is 9.32 Å². The fourth-order valence-corrected chi connectivity index (χ4v) is 4.03. The molecule has 1 aliphatic rings. The van der Waals surface area contributed by atoms with Crippen LogP contribution in [0.1, 0.15) is 32.8 Å². The number of aromatic nitrogens is 3. The minimum absolute atomic E-state index is 0.586. The Morgan fingerprint density at radius 1 is 1.07 bits per heavy atom. The summed E-state index contributed by atoms with van der Waals surface area (Å²) in [6, 6.07) is 8.74. The summed E-state index contributed by atoms with van der Waals surface area (Å²) < 4.78 is 8.34. The molecule has 2 aromatic heterocycles. The van der Waals surface area contributed by atoms with Crippen molar-refractivity contribution in [2.75, 3.05) is 31.1 Å². The second-order valence-corrected chi connectivity index (χ2v) is 7.59. The van der Waals surface area contributed by atoms with E-state index in [0.717, 1.165) is 73.2 Å². The fraction of sp³-hybridized carbons (Fsp3) is 0.524. The zero-order valence-corrected chi connectivity index (χ0v) is 16.8. The number of anilines is 1. The summed E-state index contributed by atoms with van der Waals surface area (Å²) in [5.41, 5.74) is 2.03. The van der Waals surface area contributed by atoms with Crippen molar-refractivity contribution in [3.8, 4) is 11.6 Å². The Labute approximate surface area is 160 Å². The van der Waals surface area contributed by atoms with E-state index in [2.05, 4.69) is 58.3 Å². The van der Waals surface area contributed by atoms with Crippen molar-refractivity contribution in [1.82, 2.24) is 19.7 Å². The average Bonchev–Trinajstić information content (AvgIpc) is 3.13. The third-order valence-electron chi connectivity index (χ3n) is 5.64. The molecule has 144 valence electrons. The first-order valence-corrected chi connectivity index (χ1v) is 10.0. The van der Waals surface area contributed by atoms with Crippen LogP contribution in [0.4, 0.5) is 5.95 Å². The molecule has 0 unspecified atom stereocenters. The standard InChI is InChI=1S/C21H29N5O/c1-5-26-20(19-16(4)17-9-6-7-10-18(17)27-19)22-23-21(26)25-12-8-11-24(13-14-25)15(2)3/h6-7,9-10,15H,5,8,11-14H2,1-4H3. The van der Waals surface area contributed by atoms with Gasteiger partial charge in [-0.15, -0.1) is 10.2 Å². The van der Waals surface area contributed by atoms with Gasteiger partial charge in [0, 0.05) is 49.7 Å². The van der Waals surface area contributed by atoms with Gasteiger partial charge in [0.05, 0.1) is 0 Å². The van der Waals surface area contributed by atoms with E-state index in [1.165, 1.54) is 0 Å². The smallest absolute Gasteiger partial charge is 0.227 e. The number of hydrogen-bond acceptors (Lipinski definition) is 5. The van der Waals surface area contributed by atoms with E-state index in [0.29, 0.717) is 6.04 Å². The van der Waals surface area contributed by atoms with Crippen LogP contribution in [0.3, 0.4) is 0 Å². The maximum Gasteiger partial charge on any atom is 0.227 e. The van der Waals surface area contributed by atoms with E-state index in [9.17, 15) is 0 Å². The molecule has 0 amide bonds. The summed E-state index contributed by atoms with van der Waals surface area (Å²) in [6.45, 7) is 13.8. The zero-order chi connectivity index (χ0) is 19.0. The molecule has 1 aliphatic heterocycles. The predicted octanol–water partition coefficient (Wildman–Crippen LogP) is 3.94. The molecule has 0 saturated carbocycles. The number of furan rings is 1. The Morgan fingerprint density at radius 2 is 1.89 bits per heavy atom. The van der Waals surface area contributed by atoms with Crippen LogP contribution in [0.5, 0.6) is 0 Å². The number of rotatable bonds is 4. The SMILES string of the molecule is CCn1c(-c2oc3ccccc3c2C)nnc1N1CCCN(C(C)C)CC1. The van der Waals surface area contributed by atoms with E-state index in [4.69, 9.17) is 4.42 Å². The summed E-state index contributed by atoms with van der Waals surface area (Å²) >= 11 is 0. The highest BCUT2D eigenvalue weighted by molar-refractivity contribution is 5.86. The van der Waals surface area contributed by atoms with Gasteiger partial charge in [-0.3, -0.25) is 9.47 Å². The number of fused-ring (bicyclic) bond motifs is 1. The molecule has 1 aromatic carbocycles. The summed E-state index contributed by atoms with van der Waals surface area (Å²) in [5, 5.41) is 10.2. The Balaban J connectivity index is 1.69. The van der Waals surface area contributed by atoms with Crippen molar-refractivity contribution in [3.63, 3.8) is 0 Å². The predicted molar refractivity (Wildman–Crippen MR) is 109 cm³/mol. The van der Waals surface area contributed by atoms with E-state index < -0.39 is 0 Å². The Hall–Kier alpha value is -2.34. The van der Waals surface area contributed by atoms with Gasteiger partial charge in [-0.05, 0) is 40.2 Å². The van der Waals surface area contributed by atoms with Crippen LogP contribution in [-0.4, -0.2) is 51.9 Å². The van der Waals surface area contributed by atoms with Crippen molar-refractivity contribution >= 4 is 16.9 Å². The van der Waals surface area contributed by atoms with Crippen molar-refractivity contribution < 1.29 is 4.42 Å². The van der Waals surface area contributed by atoms with Gasteiger partial charge in [-0.1, -0.05) is 18.2 Å². The third-order valence-corrected chi connectivity index (χ3v) is 5.64. The number of nitrogens with zero attached hydrogens (tertiary/aromatic N) is 5. The summed E-state index contributed by atoms with van der Waals surface area (Å²) in [4.78, 5) is 4.91. The van der Waals surface area contributed by atoms with E-state index in [1.54, 1.807) is 0 Å². The van der Waals surface area contributed by atoms with Crippen LogP contribution in [0.2, 0.25) is 0 Å². The van der Waals surface area contributed by atoms with Crippen molar-refractivity contribution in [2.24, 2.45) is 0 Å². The molecule has 0 radical (unpaired) electrons. The van der Waals surface area contributed by atoms with Gasteiger partial charge in [0.15, 0.2) is 5.76 Å². The molecule has 0 atom stereocenters. The van der Waals surface area contributed by atoms with Gasteiger partial charge >= 0.3 is 0 Å². The Bertz CT molecular complexity index is 926. The highest BCUT2D eigenvalue weighted by Crippen LogP contribution is 2.33. The fourth-order valence-electron chi connectivity index (χ4n) is 4.03. The number of hydrogen-bond donors (Lipinski definition) is 0. The van der Waals surface area contributed by atoms with E-state index in [-0.39, 0.29) is 0 Å². The topological polar surface area (TPSA) is 50.3 Å². The second kappa shape index (κ2) is 7.35. The molecule has 0 N–H and O–H groups in total. The third kappa shape index (κ3) is 3.23. The first-order valence-electron chi connectivity index (χ1n) is 10.0. The molecule has 0 bridgehead atoms. The van der Waals surface area contributed by atoms with Crippen LogP contribution < -0.4 is 4.90 Å². The van der Waals surface area contributed by atoms with Gasteiger partial charge in [0.2, 0.25) is 11.8 Å². The maximum atomic E-state index is 6.15. The molecular formula is C21H29N5O. The van der Waals surface area contributed by atoms with Crippen molar-refractivity contribution in [1.29, 1.82) is 0 Å². The lowest BCUT2D eigenvalue weighted by atomic mass is 10.1. The molecule has 3 heterocycles. The molecule has 0 spiro atoms. The molecule has 4 rings (SSSR count). The molecule has 27 heavy (non-hydrogen) atoms. The summed E-state index contributed by atoms with van der Waals surface area (Å²) in [5.74, 6) is 2.61. The lowest BCUT2D eigenvalue weighted by Crippen LogP contribution is -2.35. The highest BCUT2D eigenvalue weighted by atomic mass is 16.3. The average molecular weight is 367 g/mol. The molecule has 1 saturated heterocycles. The van der Waals surface area contributed by atoms with Gasteiger partial charge in [-0.2, -0.15) is 0 Å². The highest BCUT2D eigenvalue weighted by Gasteiger charge is 2.25. The molecule has 6 nitrogen and oxygen atoms in total. The lowest BCUT2D eigenvalue weighted by molar-refractivity contribution is 0.238. The number of benzene rings is 1. The molecule has 1 fully saturated rings. The van der Waals surface area contributed by atoms with E-state index in [1.807, 2.05) is 18.2 Å². The van der Waals surface area contributed by atoms with Crippen LogP contribution in [0.25, 0.3) is 22.6 Å². The molecule has 3 aromatic rings. The van der Waals surface area contributed by atoms with E-state index >= 15 is 0 Å². The minimum atomic E-state index is 0.586. The maximum absolute atomic E-state index is 6.15.